The predicted octanol–water partition coefficient (Wildman–Crippen LogP) is 2.71. The molecule has 2 rings (SSSR count). The van der Waals surface area contributed by atoms with E-state index in [1.807, 2.05) is 18.5 Å². The van der Waals surface area contributed by atoms with Crippen molar-refractivity contribution in [2.75, 3.05) is 12.3 Å². The number of nitrogen functional groups attached to an aromatic ring is 1. The van der Waals surface area contributed by atoms with Crippen molar-refractivity contribution in [2.45, 2.75) is 19.4 Å². The van der Waals surface area contributed by atoms with Crippen molar-refractivity contribution in [3.8, 4) is 0 Å². The number of nitrogens with zero attached hydrogens (tertiary/aromatic N) is 2. The average Bonchev–Trinajstić information content (AvgIpc) is 2.40. The minimum Gasteiger partial charge on any atom is -0.398 e. The van der Waals surface area contributed by atoms with Gasteiger partial charge in [-0.05, 0) is 52.2 Å². The SMILES string of the molecule is CCNC(Cc1cnccc1N)c1cncc(Br)c1. The second kappa shape index (κ2) is 6.63. The number of hydrogen-bond donors (Lipinski definition) is 2. The van der Waals surface area contributed by atoms with E-state index in [-0.39, 0.29) is 6.04 Å². The average molecular weight is 321 g/mol. The van der Waals surface area contributed by atoms with E-state index in [2.05, 4.69) is 44.2 Å². The Hall–Kier alpha value is -1.46. The summed E-state index contributed by atoms with van der Waals surface area (Å²) in [6, 6.07) is 4.09. The molecule has 2 aromatic heterocycles. The summed E-state index contributed by atoms with van der Waals surface area (Å²) >= 11 is 3.45. The first-order valence-corrected chi connectivity index (χ1v) is 7.02. The van der Waals surface area contributed by atoms with E-state index in [9.17, 15) is 0 Å². The fourth-order valence-electron chi connectivity index (χ4n) is 2.00. The molecule has 0 radical (unpaired) electrons. The molecule has 0 amide bonds. The first kappa shape index (κ1) is 14.0. The molecule has 0 bridgehead atoms. The molecule has 1 atom stereocenters. The Morgan fingerprint density at radius 2 is 2.16 bits per heavy atom. The molecule has 3 N–H and O–H groups in total. The van der Waals surface area contributed by atoms with Gasteiger partial charge in [-0.2, -0.15) is 0 Å². The molecule has 0 saturated carbocycles. The van der Waals surface area contributed by atoms with Gasteiger partial charge in [-0.25, -0.2) is 0 Å². The summed E-state index contributed by atoms with van der Waals surface area (Å²) in [5.41, 5.74) is 8.95. The van der Waals surface area contributed by atoms with Crippen LogP contribution in [-0.4, -0.2) is 16.5 Å². The number of nitrogens with two attached hydrogens (primary N) is 1. The van der Waals surface area contributed by atoms with E-state index in [4.69, 9.17) is 5.73 Å². The minimum absolute atomic E-state index is 0.182. The Morgan fingerprint density at radius 3 is 2.84 bits per heavy atom. The van der Waals surface area contributed by atoms with Crippen LogP contribution in [0.3, 0.4) is 0 Å². The van der Waals surface area contributed by atoms with Gasteiger partial charge in [-0.15, -0.1) is 0 Å². The maximum absolute atomic E-state index is 5.98. The lowest BCUT2D eigenvalue weighted by Gasteiger charge is -2.19. The highest BCUT2D eigenvalue weighted by Gasteiger charge is 2.13. The molecular weight excluding hydrogens is 304 g/mol. The Kier molecular flexibility index (Phi) is 4.87. The van der Waals surface area contributed by atoms with E-state index in [0.29, 0.717) is 0 Å². The first-order chi connectivity index (χ1) is 9.20. The summed E-state index contributed by atoms with van der Waals surface area (Å²) in [6.45, 7) is 2.97. The number of rotatable bonds is 5. The molecule has 0 aliphatic carbocycles. The van der Waals surface area contributed by atoms with Crippen LogP contribution in [-0.2, 0) is 6.42 Å². The van der Waals surface area contributed by atoms with Crippen LogP contribution in [0.15, 0.2) is 41.4 Å². The normalized spacial score (nSPS) is 12.3. The van der Waals surface area contributed by atoms with Crippen LogP contribution in [0.25, 0.3) is 0 Å². The highest BCUT2D eigenvalue weighted by atomic mass is 79.9. The third-order valence-corrected chi connectivity index (χ3v) is 3.38. The zero-order valence-electron chi connectivity index (χ0n) is 10.8. The molecule has 4 nitrogen and oxygen atoms in total. The fraction of sp³-hybridized carbons (Fsp3) is 0.286. The zero-order valence-corrected chi connectivity index (χ0v) is 12.4. The largest absolute Gasteiger partial charge is 0.398 e. The van der Waals surface area contributed by atoms with Crippen LogP contribution in [0.2, 0.25) is 0 Å². The summed E-state index contributed by atoms with van der Waals surface area (Å²) in [7, 11) is 0. The summed E-state index contributed by atoms with van der Waals surface area (Å²) in [5, 5.41) is 3.46. The molecule has 0 aliphatic heterocycles. The molecule has 1 unspecified atom stereocenters. The van der Waals surface area contributed by atoms with Gasteiger partial charge in [0.25, 0.3) is 0 Å². The minimum atomic E-state index is 0.182. The van der Waals surface area contributed by atoms with E-state index < -0.39 is 0 Å². The molecule has 0 aromatic carbocycles. The van der Waals surface area contributed by atoms with Crippen molar-refractivity contribution < 1.29 is 0 Å². The van der Waals surface area contributed by atoms with Crippen LogP contribution in [0.5, 0.6) is 0 Å². The van der Waals surface area contributed by atoms with Crippen molar-refractivity contribution in [3.63, 3.8) is 0 Å². The first-order valence-electron chi connectivity index (χ1n) is 6.23. The second-order valence-electron chi connectivity index (χ2n) is 4.33. The van der Waals surface area contributed by atoms with Crippen LogP contribution in [0.1, 0.15) is 24.1 Å². The van der Waals surface area contributed by atoms with Crippen molar-refractivity contribution >= 4 is 21.6 Å². The summed E-state index contributed by atoms with van der Waals surface area (Å²) in [4.78, 5) is 8.35. The highest BCUT2D eigenvalue weighted by molar-refractivity contribution is 9.10. The number of halogens is 1. The Labute approximate surface area is 121 Å². The molecule has 0 aliphatic rings. The summed E-state index contributed by atoms with van der Waals surface area (Å²) < 4.78 is 0.979. The van der Waals surface area contributed by atoms with Gasteiger partial charge in [-0.1, -0.05) is 6.92 Å². The van der Waals surface area contributed by atoms with Gasteiger partial charge in [0, 0.05) is 41.0 Å². The lowest BCUT2D eigenvalue weighted by Crippen LogP contribution is -2.23. The summed E-state index contributed by atoms with van der Waals surface area (Å²) in [5.74, 6) is 0. The maximum Gasteiger partial charge on any atom is 0.0410 e. The lowest BCUT2D eigenvalue weighted by molar-refractivity contribution is 0.548. The van der Waals surface area contributed by atoms with E-state index in [0.717, 1.165) is 34.3 Å². The van der Waals surface area contributed by atoms with Crippen LogP contribution < -0.4 is 11.1 Å². The van der Waals surface area contributed by atoms with Crippen molar-refractivity contribution in [2.24, 2.45) is 0 Å². The number of aromatic nitrogens is 2. The van der Waals surface area contributed by atoms with E-state index >= 15 is 0 Å². The molecule has 0 fully saturated rings. The van der Waals surface area contributed by atoms with E-state index in [1.165, 1.54) is 0 Å². The predicted molar refractivity (Wildman–Crippen MR) is 80.7 cm³/mol. The maximum atomic E-state index is 5.98. The van der Waals surface area contributed by atoms with Crippen LogP contribution in [0.4, 0.5) is 5.69 Å². The lowest BCUT2D eigenvalue weighted by atomic mass is 10.0. The van der Waals surface area contributed by atoms with E-state index in [1.54, 1.807) is 12.4 Å². The molecule has 5 heteroatoms. The number of nitrogens with one attached hydrogen (secondary N) is 1. The molecule has 100 valence electrons. The Balaban J connectivity index is 2.24. The second-order valence-corrected chi connectivity index (χ2v) is 5.24. The zero-order chi connectivity index (χ0) is 13.7. The molecule has 0 spiro atoms. The third-order valence-electron chi connectivity index (χ3n) is 2.94. The monoisotopic (exact) mass is 320 g/mol. The topological polar surface area (TPSA) is 63.8 Å². The smallest absolute Gasteiger partial charge is 0.0410 e. The molecule has 19 heavy (non-hydrogen) atoms. The molecule has 2 heterocycles. The van der Waals surface area contributed by atoms with Gasteiger partial charge in [0.1, 0.15) is 0 Å². The quantitative estimate of drug-likeness (QED) is 0.889. The molecular formula is C14H17BrN4. The number of anilines is 1. The Bertz CT molecular complexity index is 544. The Morgan fingerprint density at radius 1 is 1.32 bits per heavy atom. The van der Waals surface area contributed by atoms with Crippen molar-refractivity contribution in [1.82, 2.24) is 15.3 Å². The molecule has 2 aromatic rings. The fourth-order valence-corrected chi connectivity index (χ4v) is 2.38. The molecule has 0 saturated heterocycles. The third kappa shape index (κ3) is 3.75. The number of likely N-dealkylation sites (N-methyl/N-ethyl adjacent to an activating group) is 1. The van der Waals surface area contributed by atoms with Gasteiger partial charge >= 0.3 is 0 Å². The number of hydrogen-bond acceptors (Lipinski definition) is 4. The summed E-state index contributed by atoms with van der Waals surface area (Å²) in [6.07, 6.45) is 7.99. The van der Waals surface area contributed by atoms with Gasteiger partial charge in [0.2, 0.25) is 0 Å². The standard InChI is InChI=1S/C14H17BrN4/c1-2-19-14(11-5-12(15)9-18-8-11)6-10-7-17-4-3-13(10)16/h3-5,7-9,14,19H,2,6H2,1H3,(H2,16,17). The van der Waals surface area contributed by atoms with Crippen LogP contribution in [0, 0.1) is 0 Å². The highest BCUT2D eigenvalue weighted by Crippen LogP contribution is 2.22. The van der Waals surface area contributed by atoms with Gasteiger partial charge in [0.15, 0.2) is 0 Å². The van der Waals surface area contributed by atoms with Crippen molar-refractivity contribution in [3.05, 3.63) is 52.5 Å². The van der Waals surface area contributed by atoms with Crippen LogP contribution >= 0.6 is 15.9 Å². The van der Waals surface area contributed by atoms with Gasteiger partial charge in [-0.3, -0.25) is 9.97 Å². The van der Waals surface area contributed by atoms with Crippen molar-refractivity contribution in [1.29, 1.82) is 0 Å². The van der Waals surface area contributed by atoms with Gasteiger partial charge in [0.05, 0.1) is 0 Å². The van der Waals surface area contributed by atoms with Gasteiger partial charge < -0.3 is 11.1 Å². The number of pyridine rings is 2.